The Labute approximate surface area is 94.7 Å². The van der Waals surface area contributed by atoms with Gasteiger partial charge in [-0.1, -0.05) is 35.9 Å². The molecule has 2 heteroatoms. The predicted molar refractivity (Wildman–Crippen MR) is 64.5 cm³/mol. The van der Waals surface area contributed by atoms with Crippen LogP contribution in [0.4, 0.5) is 4.39 Å². The Morgan fingerprint density at radius 3 is 2.56 bits per heavy atom. The lowest BCUT2D eigenvalue weighted by Crippen LogP contribution is -1.97. The fraction of sp³-hybridized carbons (Fsp3) is 0.143. The van der Waals surface area contributed by atoms with E-state index in [0.717, 1.165) is 16.7 Å². The zero-order valence-electron chi connectivity index (χ0n) is 9.20. The number of hydrogen-bond acceptors (Lipinski definition) is 1. The first-order valence-corrected chi connectivity index (χ1v) is 5.26. The Bertz CT molecular complexity index is 506. The molecule has 1 nitrogen and oxygen atoms in total. The average molecular weight is 215 g/mol. The fourth-order valence-electron chi connectivity index (χ4n) is 1.83. The van der Waals surface area contributed by atoms with Crippen molar-refractivity contribution in [1.82, 2.24) is 0 Å². The molecule has 0 saturated carbocycles. The Morgan fingerprint density at radius 1 is 1.12 bits per heavy atom. The second kappa shape index (κ2) is 4.45. The minimum absolute atomic E-state index is 0.198. The van der Waals surface area contributed by atoms with Crippen LogP contribution in [0.3, 0.4) is 0 Å². The van der Waals surface area contributed by atoms with Crippen LogP contribution >= 0.6 is 0 Å². The molecule has 0 fully saturated rings. The van der Waals surface area contributed by atoms with Crippen molar-refractivity contribution in [2.24, 2.45) is 5.73 Å². The topological polar surface area (TPSA) is 26.0 Å². The van der Waals surface area contributed by atoms with Gasteiger partial charge in [0.1, 0.15) is 5.82 Å². The van der Waals surface area contributed by atoms with Gasteiger partial charge in [0, 0.05) is 12.1 Å². The fourth-order valence-corrected chi connectivity index (χ4v) is 1.83. The normalized spacial score (nSPS) is 10.4. The van der Waals surface area contributed by atoms with Crippen molar-refractivity contribution in [3.8, 4) is 11.1 Å². The van der Waals surface area contributed by atoms with Gasteiger partial charge in [-0.2, -0.15) is 0 Å². The summed E-state index contributed by atoms with van der Waals surface area (Å²) in [5, 5.41) is 0. The molecule has 0 amide bonds. The van der Waals surface area contributed by atoms with E-state index in [1.807, 2.05) is 31.2 Å². The quantitative estimate of drug-likeness (QED) is 0.817. The third-order valence-electron chi connectivity index (χ3n) is 2.56. The van der Waals surface area contributed by atoms with Gasteiger partial charge in [0.15, 0.2) is 0 Å². The van der Waals surface area contributed by atoms with Gasteiger partial charge in [-0.3, -0.25) is 0 Å². The molecule has 0 saturated heterocycles. The molecular formula is C14H14FN. The Kier molecular flexibility index (Phi) is 3.02. The third-order valence-corrected chi connectivity index (χ3v) is 2.56. The predicted octanol–water partition coefficient (Wildman–Crippen LogP) is 3.26. The van der Waals surface area contributed by atoms with E-state index in [0.29, 0.717) is 12.1 Å². The van der Waals surface area contributed by atoms with E-state index in [9.17, 15) is 4.39 Å². The van der Waals surface area contributed by atoms with Crippen LogP contribution in [-0.2, 0) is 6.54 Å². The van der Waals surface area contributed by atoms with E-state index in [1.54, 1.807) is 12.1 Å². The van der Waals surface area contributed by atoms with E-state index in [-0.39, 0.29) is 5.82 Å². The van der Waals surface area contributed by atoms with Crippen molar-refractivity contribution in [3.05, 3.63) is 59.4 Å². The van der Waals surface area contributed by atoms with Gasteiger partial charge in [-0.25, -0.2) is 4.39 Å². The first kappa shape index (κ1) is 10.8. The van der Waals surface area contributed by atoms with Gasteiger partial charge in [0.05, 0.1) is 0 Å². The zero-order valence-corrected chi connectivity index (χ0v) is 9.20. The van der Waals surface area contributed by atoms with E-state index >= 15 is 0 Å². The first-order valence-electron chi connectivity index (χ1n) is 5.26. The summed E-state index contributed by atoms with van der Waals surface area (Å²) in [4.78, 5) is 0. The second-order valence-electron chi connectivity index (χ2n) is 3.89. The van der Waals surface area contributed by atoms with Gasteiger partial charge in [-0.15, -0.1) is 0 Å². The van der Waals surface area contributed by atoms with Crippen molar-refractivity contribution in [2.45, 2.75) is 13.5 Å². The van der Waals surface area contributed by atoms with Crippen molar-refractivity contribution < 1.29 is 4.39 Å². The highest BCUT2D eigenvalue weighted by Gasteiger charge is 2.05. The largest absolute Gasteiger partial charge is 0.326 e. The molecule has 0 atom stereocenters. The molecule has 0 heterocycles. The highest BCUT2D eigenvalue weighted by Crippen LogP contribution is 2.24. The van der Waals surface area contributed by atoms with Crippen LogP contribution in [-0.4, -0.2) is 0 Å². The van der Waals surface area contributed by atoms with Gasteiger partial charge in [-0.05, 0) is 30.2 Å². The number of nitrogens with two attached hydrogens (primary N) is 1. The highest BCUT2D eigenvalue weighted by atomic mass is 19.1. The zero-order chi connectivity index (χ0) is 11.5. The molecule has 0 bridgehead atoms. The van der Waals surface area contributed by atoms with Crippen molar-refractivity contribution in [3.63, 3.8) is 0 Å². The van der Waals surface area contributed by atoms with Crippen molar-refractivity contribution in [1.29, 1.82) is 0 Å². The Hall–Kier alpha value is -1.67. The molecule has 0 aliphatic heterocycles. The first-order chi connectivity index (χ1) is 7.70. The summed E-state index contributed by atoms with van der Waals surface area (Å²) in [5.41, 5.74) is 9.25. The molecule has 2 aromatic rings. The summed E-state index contributed by atoms with van der Waals surface area (Å²) >= 11 is 0. The molecule has 2 aromatic carbocycles. The van der Waals surface area contributed by atoms with E-state index in [2.05, 4.69) is 0 Å². The molecule has 16 heavy (non-hydrogen) atoms. The number of hydrogen-bond donors (Lipinski definition) is 1. The van der Waals surface area contributed by atoms with Gasteiger partial charge < -0.3 is 5.73 Å². The standard InChI is InChI=1S/C14H14FN/c1-10-6-11(9-16)8-12(7-10)13-4-2-3-5-14(13)15/h2-8H,9,16H2,1H3. The molecule has 0 spiro atoms. The van der Waals surface area contributed by atoms with Crippen LogP contribution in [0.25, 0.3) is 11.1 Å². The molecule has 2 rings (SSSR count). The highest BCUT2D eigenvalue weighted by molar-refractivity contribution is 5.65. The summed E-state index contributed by atoms with van der Waals surface area (Å²) in [5.74, 6) is -0.198. The van der Waals surface area contributed by atoms with Crippen LogP contribution in [0.2, 0.25) is 0 Å². The van der Waals surface area contributed by atoms with Gasteiger partial charge >= 0.3 is 0 Å². The van der Waals surface area contributed by atoms with Crippen molar-refractivity contribution >= 4 is 0 Å². The molecule has 2 N–H and O–H groups in total. The van der Waals surface area contributed by atoms with Crippen molar-refractivity contribution in [2.75, 3.05) is 0 Å². The Balaban J connectivity index is 2.56. The third kappa shape index (κ3) is 2.12. The lowest BCUT2D eigenvalue weighted by molar-refractivity contribution is 0.631. The number of rotatable bonds is 2. The number of aryl methyl sites for hydroxylation is 1. The minimum atomic E-state index is -0.198. The van der Waals surface area contributed by atoms with E-state index in [4.69, 9.17) is 5.73 Å². The van der Waals surface area contributed by atoms with Gasteiger partial charge in [0.25, 0.3) is 0 Å². The summed E-state index contributed by atoms with van der Waals surface area (Å²) in [6.45, 7) is 2.46. The molecule has 0 aliphatic rings. The van der Waals surface area contributed by atoms with E-state index in [1.165, 1.54) is 6.07 Å². The molecule has 0 aliphatic carbocycles. The summed E-state index contributed by atoms with van der Waals surface area (Å²) in [6.07, 6.45) is 0. The van der Waals surface area contributed by atoms with Crippen LogP contribution in [0.5, 0.6) is 0 Å². The maximum atomic E-state index is 13.6. The molecule has 0 aromatic heterocycles. The maximum absolute atomic E-state index is 13.6. The minimum Gasteiger partial charge on any atom is -0.326 e. The summed E-state index contributed by atoms with van der Waals surface area (Å²) in [7, 11) is 0. The maximum Gasteiger partial charge on any atom is 0.131 e. The van der Waals surface area contributed by atoms with Crippen LogP contribution in [0, 0.1) is 12.7 Å². The molecule has 0 radical (unpaired) electrons. The summed E-state index contributed by atoms with van der Waals surface area (Å²) < 4.78 is 13.6. The Morgan fingerprint density at radius 2 is 1.88 bits per heavy atom. The van der Waals surface area contributed by atoms with Gasteiger partial charge in [0.2, 0.25) is 0 Å². The lowest BCUT2D eigenvalue weighted by atomic mass is 10.00. The smallest absolute Gasteiger partial charge is 0.131 e. The van der Waals surface area contributed by atoms with E-state index < -0.39 is 0 Å². The average Bonchev–Trinajstić information content (AvgIpc) is 2.28. The monoisotopic (exact) mass is 215 g/mol. The summed E-state index contributed by atoms with van der Waals surface area (Å²) in [6, 6.07) is 12.7. The molecule has 0 unspecified atom stereocenters. The second-order valence-corrected chi connectivity index (χ2v) is 3.89. The lowest BCUT2D eigenvalue weighted by Gasteiger charge is -2.07. The van der Waals surface area contributed by atoms with Crippen LogP contribution < -0.4 is 5.73 Å². The molecule has 82 valence electrons. The number of benzene rings is 2. The molecular weight excluding hydrogens is 201 g/mol. The van der Waals surface area contributed by atoms with Crippen LogP contribution in [0.1, 0.15) is 11.1 Å². The van der Waals surface area contributed by atoms with Crippen LogP contribution in [0.15, 0.2) is 42.5 Å². The SMILES string of the molecule is Cc1cc(CN)cc(-c2ccccc2F)c1. The number of halogens is 1.